The molecular weight excluding hydrogens is 337 g/mol. The second-order valence-corrected chi connectivity index (χ2v) is 7.52. The first-order chi connectivity index (χ1) is 8.87. The van der Waals surface area contributed by atoms with Crippen LogP contribution in [0, 0.1) is 5.82 Å². The highest BCUT2D eigenvalue weighted by atomic mass is 79.9. The lowest BCUT2D eigenvalue weighted by molar-refractivity contribution is 0.248. The van der Waals surface area contributed by atoms with Crippen molar-refractivity contribution < 1.29 is 17.9 Å². The standard InChI is InChI=1S/C12H15BrFNO3S/c1-15(10-3-2-4-10)19(17,18)11-6-9(13)5-8(7-16)12(11)14/h5-6,10,16H,2-4,7H2,1H3. The van der Waals surface area contributed by atoms with Crippen LogP contribution in [0.1, 0.15) is 24.8 Å². The fourth-order valence-electron chi connectivity index (χ4n) is 2.02. The van der Waals surface area contributed by atoms with Crippen LogP contribution in [0.5, 0.6) is 0 Å². The molecule has 0 spiro atoms. The number of sulfonamides is 1. The summed E-state index contributed by atoms with van der Waals surface area (Å²) in [4.78, 5) is -0.389. The maximum Gasteiger partial charge on any atom is 0.246 e. The highest BCUT2D eigenvalue weighted by Crippen LogP contribution is 2.31. The van der Waals surface area contributed by atoms with Gasteiger partial charge in [-0.15, -0.1) is 0 Å². The summed E-state index contributed by atoms with van der Waals surface area (Å²) in [7, 11) is -2.40. The van der Waals surface area contributed by atoms with E-state index in [1.165, 1.54) is 23.5 Å². The molecule has 0 aromatic heterocycles. The average molecular weight is 352 g/mol. The van der Waals surface area contributed by atoms with E-state index < -0.39 is 22.4 Å². The Kier molecular flexibility index (Phi) is 4.29. The van der Waals surface area contributed by atoms with Crippen LogP contribution >= 0.6 is 15.9 Å². The summed E-state index contributed by atoms with van der Waals surface area (Å²) < 4.78 is 40.5. The van der Waals surface area contributed by atoms with Gasteiger partial charge in [-0.3, -0.25) is 0 Å². The second-order valence-electron chi connectivity index (χ2n) is 4.64. The summed E-state index contributed by atoms with van der Waals surface area (Å²) in [5.74, 6) is -0.878. The Hall–Kier alpha value is -0.500. The molecular formula is C12H15BrFNO3S. The number of halogens is 2. The van der Waals surface area contributed by atoms with Gasteiger partial charge in [0, 0.05) is 23.1 Å². The van der Waals surface area contributed by atoms with E-state index in [1.54, 1.807) is 0 Å². The molecule has 1 N–H and O–H groups in total. The van der Waals surface area contributed by atoms with Crippen LogP contribution in [0.25, 0.3) is 0 Å². The molecule has 1 aromatic rings. The van der Waals surface area contributed by atoms with Gasteiger partial charge < -0.3 is 5.11 Å². The van der Waals surface area contributed by atoms with Crippen LogP contribution in [-0.2, 0) is 16.6 Å². The normalized spacial score (nSPS) is 16.7. The quantitative estimate of drug-likeness (QED) is 0.904. The molecule has 1 fully saturated rings. The van der Waals surface area contributed by atoms with Crippen molar-refractivity contribution in [3.05, 3.63) is 28.0 Å². The van der Waals surface area contributed by atoms with Crippen LogP contribution in [0.3, 0.4) is 0 Å². The summed E-state index contributed by atoms with van der Waals surface area (Å²) in [5.41, 5.74) is -0.0324. The van der Waals surface area contributed by atoms with Crippen molar-refractivity contribution in [1.29, 1.82) is 0 Å². The summed E-state index contributed by atoms with van der Waals surface area (Å²) in [6, 6.07) is 2.55. The molecule has 0 amide bonds. The number of hydrogen-bond donors (Lipinski definition) is 1. The smallest absolute Gasteiger partial charge is 0.246 e. The molecule has 0 saturated heterocycles. The fourth-order valence-corrected chi connectivity index (χ4v) is 4.23. The molecule has 0 atom stereocenters. The van der Waals surface area contributed by atoms with Crippen molar-refractivity contribution in [2.75, 3.05) is 7.05 Å². The van der Waals surface area contributed by atoms with Crippen LogP contribution in [0.4, 0.5) is 4.39 Å². The van der Waals surface area contributed by atoms with Crippen LogP contribution in [-0.4, -0.2) is 30.9 Å². The van der Waals surface area contributed by atoms with Crippen molar-refractivity contribution in [1.82, 2.24) is 4.31 Å². The minimum Gasteiger partial charge on any atom is -0.392 e. The Bertz CT molecular complexity index is 587. The first kappa shape index (κ1) is 14.9. The van der Waals surface area contributed by atoms with Gasteiger partial charge in [-0.2, -0.15) is 4.31 Å². The van der Waals surface area contributed by atoms with E-state index in [-0.39, 0.29) is 16.5 Å². The molecule has 2 rings (SSSR count). The number of aliphatic hydroxyl groups excluding tert-OH is 1. The zero-order valence-corrected chi connectivity index (χ0v) is 12.8. The summed E-state index contributed by atoms with van der Waals surface area (Å²) in [5, 5.41) is 9.07. The Morgan fingerprint density at radius 1 is 1.47 bits per heavy atom. The Morgan fingerprint density at radius 3 is 2.58 bits per heavy atom. The van der Waals surface area contributed by atoms with Crippen LogP contribution in [0.15, 0.2) is 21.5 Å². The van der Waals surface area contributed by atoms with E-state index in [2.05, 4.69) is 15.9 Å². The van der Waals surface area contributed by atoms with Gasteiger partial charge in [0.2, 0.25) is 10.0 Å². The second kappa shape index (κ2) is 5.47. The number of hydrogen-bond acceptors (Lipinski definition) is 3. The van der Waals surface area contributed by atoms with E-state index in [0.717, 1.165) is 19.3 Å². The first-order valence-electron chi connectivity index (χ1n) is 5.94. The molecule has 19 heavy (non-hydrogen) atoms. The molecule has 7 heteroatoms. The molecule has 4 nitrogen and oxygen atoms in total. The average Bonchev–Trinajstić information content (AvgIpc) is 2.29. The molecule has 1 saturated carbocycles. The monoisotopic (exact) mass is 351 g/mol. The van der Waals surface area contributed by atoms with Gasteiger partial charge >= 0.3 is 0 Å². The number of benzene rings is 1. The van der Waals surface area contributed by atoms with Crippen molar-refractivity contribution in [3.63, 3.8) is 0 Å². The van der Waals surface area contributed by atoms with Gasteiger partial charge in [0.05, 0.1) is 6.61 Å². The SMILES string of the molecule is CN(C1CCC1)S(=O)(=O)c1cc(Br)cc(CO)c1F. The van der Waals surface area contributed by atoms with Crippen molar-refractivity contribution >= 4 is 26.0 Å². The predicted molar refractivity (Wildman–Crippen MR) is 72.6 cm³/mol. The van der Waals surface area contributed by atoms with Crippen molar-refractivity contribution in [3.8, 4) is 0 Å². The third-order valence-corrected chi connectivity index (χ3v) is 5.86. The number of aliphatic hydroxyl groups is 1. The van der Waals surface area contributed by atoms with Crippen LogP contribution < -0.4 is 0 Å². The molecule has 1 aliphatic rings. The fraction of sp³-hybridized carbons (Fsp3) is 0.500. The molecule has 0 heterocycles. The lowest BCUT2D eigenvalue weighted by Crippen LogP contribution is -2.41. The summed E-state index contributed by atoms with van der Waals surface area (Å²) in [6.45, 7) is -0.541. The Morgan fingerprint density at radius 2 is 2.11 bits per heavy atom. The maximum absolute atomic E-state index is 14.1. The van der Waals surface area contributed by atoms with E-state index in [4.69, 9.17) is 5.11 Å². The highest BCUT2D eigenvalue weighted by molar-refractivity contribution is 9.10. The van der Waals surface area contributed by atoms with Gasteiger partial charge in [0.1, 0.15) is 10.7 Å². The highest BCUT2D eigenvalue weighted by Gasteiger charge is 2.34. The first-order valence-corrected chi connectivity index (χ1v) is 8.18. The Balaban J connectivity index is 2.47. The lowest BCUT2D eigenvalue weighted by Gasteiger charge is -2.33. The minimum atomic E-state index is -3.87. The predicted octanol–water partition coefficient (Wildman–Crippen LogP) is 2.25. The number of rotatable bonds is 4. The molecule has 0 bridgehead atoms. The molecule has 1 aliphatic carbocycles. The third kappa shape index (κ3) is 2.69. The van der Waals surface area contributed by atoms with E-state index in [0.29, 0.717) is 4.47 Å². The Labute approximate surface area is 120 Å². The van der Waals surface area contributed by atoms with Gasteiger partial charge in [-0.25, -0.2) is 12.8 Å². The molecule has 0 radical (unpaired) electrons. The van der Waals surface area contributed by atoms with Gasteiger partial charge in [-0.1, -0.05) is 22.4 Å². The summed E-state index contributed by atoms with van der Waals surface area (Å²) >= 11 is 3.14. The van der Waals surface area contributed by atoms with Crippen LogP contribution in [0.2, 0.25) is 0 Å². The van der Waals surface area contributed by atoms with E-state index in [9.17, 15) is 12.8 Å². The third-order valence-electron chi connectivity index (χ3n) is 3.50. The molecule has 106 valence electrons. The van der Waals surface area contributed by atoms with E-state index >= 15 is 0 Å². The maximum atomic E-state index is 14.1. The van der Waals surface area contributed by atoms with Gasteiger partial charge in [-0.05, 0) is 25.0 Å². The lowest BCUT2D eigenvalue weighted by atomic mass is 9.94. The van der Waals surface area contributed by atoms with Crippen molar-refractivity contribution in [2.24, 2.45) is 0 Å². The zero-order chi connectivity index (χ0) is 14.2. The molecule has 1 aromatic carbocycles. The minimum absolute atomic E-state index is 0.0324. The largest absolute Gasteiger partial charge is 0.392 e. The van der Waals surface area contributed by atoms with Crippen molar-refractivity contribution in [2.45, 2.75) is 36.8 Å². The summed E-state index contributed by atoms with van der Waals surface area (Å²) in [6.07, 6.45) is 2.60. The number of nitrogens with zero attached hydrogens (tertiary/aromatic N) is 1. The van der Waals surface area contributed by atoms with Gasteiger partial charge in [0.15, 0.2) is 0 Å². The molecule has 0 aliphatic heterocycles. The molecule has 0 unspecified atom stereocenters. The zero-order valence-electron chi connectivity index (χ0n) is 10.4. The van der Waals surface area contributed by atoms with E-state index in [1.807, 2.05) is 0 Å². The topological polar surface area (TPSA) is 57.6 Å². The van der Waals surface area contributed by atoms with Gasteiger partial charge in [0.25, 0.3) is 0 Å².